The summed E-state index contributed by atoms with van der Waals surface area (Å²) in [6.45, 7) is 1.34. The normalized spacial score (nSPS) is 10.9. The lowest BCUT2D eigenvalue weighted by Crippen LogP contribution is -2.28. The van der Waals surface area contributed by atoms with E-state index in [1.165, 1.54) is 11.8 Å². The summed E-state index contributed by atoms with van der Waals surface area (Å²) in [6.07, 6.45) is -7.72. The zero-order valence-corrected chi connectivity index (χ0v) is 19.0. The first-order valence-corrected chi connectivity index (χ1v) is 9.47. The summed E-state index contributed by atoms with van der Waals surface area (Å²) in [5, 5.41) is 14.2. The monoisotopic (exact) mass is 528 g/mol. The second kappa shape index (κ2) is 13.8. The maximum absolute atomic E-state index is 12.3. The number of alkyl halides is 6. The Morgan fingerprint density at radius 3 is 1.72 bits per heavy atom. The summed E-state index contributed by atoms with van der Waals surface area (Å²) < 4.78 is 63.5. The van der Waals surface area contributed by atoms with E-state index >= 15 is 0 Å². The minimum Gasteiger partial charge on any atom is -0.475 e. The Morgan fingerprint density at radius 2 is 1.36 bits per heavy atom. The SMILES string of the molecule is CN(C)Cc1cccc(CN(C)C(=O)c2c[nH]c(=O)cn2)c1.O=C(O)C(F)(F)F.O=C(O)C(F)(F)F. The zero-order valence-electron chi connectivity index (χ0n) is 19.0. The van der Waals surface area contributed by atoms with Crippen LogP contribution in [-0.2, 0) is 22.7 Å². The number of hydrogen-bond acceptors (Lipinski definition) is 6. The van der Waals surface area contributed by atoms with Crippen molar-refractivity contribution in [3.63, 3.8) is 0 Å². The second-order valence-electron chi connectivity index (χ2n) is 7.12. The summed E-state index contributed by atoms with van der Waals surface area (Å²) in [5.74, 6) is -5.74. The highest BCUT2D eigenvalue weighted by Gasteiger charge is 2.38. The van der Waals surface area contributed by atoms with Crippen molar-refractivity contribution < 1.29 is 50.9 Å². The molecule has 0 saturated heterocycles. The molecule has 1 heterocycles. The van der Waals surface area contributed by atoms with Gasteiger partial charge in [0.15, 0.2) is 0 Å². The standard InChI is InChI=1S/C16H20N4O2.2C2HF3O2/c1-19(2)10-12-5-4-6-13(7-12)11-20(3)16(22)14-8-18-15(21)9-17-14;2*3-2(4,5)1(6)7/h4-9H,10-11H2,1-3H3,(H,18,21);2*(H,6,7). The maximum atomic E-state index is 12.3. The Balaban J connectivity index is 0.000000720. The van der Waals surface area contributed by atoms with E-state index < -0.39 is 24.3 Å². The van der Waals surface area contributed by atoms with Crippen LogP contribution in [0.1, 0.15) is 21.6 Å². The Bertz CT molecular complexity index is 1040. The van der Waals surface area contributed by atoms with Gasteiger partial charge in [-0.15, -0.1) is 0 Å². The number of halogens is 6. The zero-order chi connectivity index (χ0) is 28.3. The van der Waals surface area contributed by atoms with Crippen LogP contribution in [0.15, 0.2) is 41.5 Å². The molecule has 2 aromatic rings. The van der Waals surface area contributed by atoms with Crippen LogP contribution in [0.2, 0.25) is 0 Å². The molecule has 0 aliphatic heterocycles. The number of nitrogens with one attached hydrogen (secondary N) is 1. The van der Waals surface area contributed by atoms with Gasteiger partial charge in [0.1, 0.15) is 5.69 Å². The molecule has 0 aliphatic carbocycles. The number of benzene rings is 1. The van der Waals surface area contributed by atoms with Gasteiger partial charge in [-0.1, -0.05) is 24.3 Å². The predicted molar refractivity (Wildman–Crippen MR) is 112 cm³/mol. The van der Waals surface area contributed by atoms with Crippen LogP contribution in [0, 0.1) is 0 Å². The molecule has 0 saturated carbocycles. The van der Waals surface area contributed by atoms with Gasteiger partial charge in [-0.3, -0.25) is 9.59 Å². The average molecular weight is 528 g/mol. The number of hydrogen-bond donors (Lipinski definition) is 3. The van der Waals surface area contributed by atoms with E-state index in [4.69, 9.17) is 19.8 Å². The summed E-state index contributed by atoms with van der Waals surface area (Å²) >= 11 is 0. The van der Waals surface area contributed by atoms with Crippen molar-refractivity contribution in [1.82, 2.24) is 19.8 Å². The fraction of sp³-hybridized carbons (Fsp3) is 0.350. The molecular weight excluding hydrogens is 506 g/mol. The molecule has 3 N–H and O–H groups in total. The van der Waals surface area contributed by atoms with E-state index in [1.54, 1.807) is 11.9 Å². The fourth-order valence-corrected chi connectivity index (χ4v) is 2.19. The van der Waals surface area contributed by atoms with E-state index in [2.05, 4.69) is 27.0 Å². The highest BCUT2D eigenvalue weighted by atomic mass is 19.4. The number of amides is 1. The fourth-order valence-electron chi connectivity index (χ4n) is 2.19. The van der Waals surface area contributed by atoms with E-state index in [-0.39, 0.29) is 17.2 Å². The van der Waals surface area contributed by atoms with Gasteiger partial charge in [0, 0.05) is 26.3 Å². The van der Waals surface area contributed by atoms with Gasteiger partial charge in [-0.2, -0.15) is 26.3 Å². The quantitative estimate of drug-likeness (QED) is 0.502. The smallest absolute Gasteiger partial charge is 0.475 e. The average Bonchev–Trinajstić information content (AvgIpc) is 2.73. The Morgan fingerprint density at radius 1 is 0.917 bits per heavy atom. The summed E-state index contributed by atoms with van der Waals surface area (Å²) in [5.41, 5.74) is 2.16. The molecule has 200 valence electrons. The van der Waals surface area contributed by atoms with E-state index in [9.17, 15) is 35.9 Å². The largest absolute Gasteiger partial charge is 0.490 e. The first-order valence-electron chi connectivity index (χ1n) is 9.47. The van der Waals surface area contributed by atoms with Crippen molar-refractivity contribution in [2.75, 3.05) is 21.1 Å². The summed E-state index contributed by atoms with van der Waals surface area (Å²) in [7, 11) is 5.75. The van der Waals surface area contributed by atoms with E-state index in [0.717, 1.165) is 18.3 Å². The molecule has 1 aromatic heterocycles. The molecule has 10 nitrogen and oxygen atoms in total. The predicted octanol–water partition coefficient (Wildman–Crippen LogP) is 2.37. The maximum Gasteiger partial charge on any atom is 0.490 e. The molecular formula is C20H22F6N4O6. The molecule has 0 fully saturated rings. The number of carboxylic acid groups (broad SMARTS) is 2. The highest BCUT2D eigenvalue weighted by Crippen LogP contribution is 2.14. The van der Waals surface area contributed by atoms with Crippen LogP contribution in [0.5, 0.6) is 0 Å². The van der Waals surface area contributed by atoms with Gasteiger partial charge in [-0.05, 0) is 25.2 Å². The van der Waals surface area contributed by atoms with Gasteiger partial charge < -0.3 is 25.0 Å². The van der Waals surface area contributed by atoms with Crippen molar-refractivity contribution >= 4 is 17.8 Å². The molecule has 1 aromatic carbocycles. The lowest BCUT2D eigenvalue weighted by Gasteiger charge is -2.17. The molecule has 0 atom stereocenters. The van der Waals surface area contributed by atoms with Crippen LogP contribution in [-0.4, -0.2) is 81.3 Å². The third-order valence-electron chi connectivity index (χ3n) is 3.63. The Hall–Kier alpha value is -3.95. The number of carboxylic acids is 2. The summed E-state index contributed by atoms with van der Waals surface area (Å²) in [4.78, 5) is 51.0. The number of nitrogens with zero attached hydrogens (tertiary/aromatic N) is 3. The number of rotatable bonds is 5. The third kappa shape index (κ3) is 13.1. The van der Waals surface area contributed by atoms with Crippen molar-refractivity contribution in [3.05, 3.63) is 63.8 Å². The molecule has 16 heteroatoms. The third-order valence-corrected chi connectivity index (χ3v) is 3.63. The number of H-pyrrole nitrogens is 1. The van der Waals surface area contributed by atoms with Crippen LogP contribution in [0.25, 0.3) is 0 Å². The van der Waals surface area contributed by atoms with E-state index in [1.807, 2.05) is 26.2 Å². The van der Waals surface area contributed by atoms with Crippen molar-refractivity contribution in [2.45, 2.75) is 25.4 Å². The molecule has 0 spiro atoms. The van der Waals surface area contributed by atoms with Gasteiger partial charge in [0.05, 0.1) is 6.20 Å². The first kappa shape index (κ1) is 32.0. The van der Waals surface area contributed by atoms with Crippen molar-refractivity contribution in [1.29, 1.82) is 0 Å². The minimum atomic E-state index is -5.08. The van der Waals surface area contributed by atoms with Gasteiger partial charge >= 0.3 is 24.3 Å². The molecule has 2 rings (SSSR count). The topological polar surface area (TPSA) is 144 Å². The van der Waals surface area contributed by atoms with Gasteiger partial charge in [-0.25, -0.2) is 14.6 Å². The van der Waals surface area contributed by atoms with Crippen molar-refractivity contribution in [2.24, 2.45) is 0 Å². The molecule has 0 bridgehead atoms. The Kier molecular flexibility index (Phi) is 12.3. The first-order chi connectivity index (χ1) is 16.3. The number of carbonyl (C=O) groups excluding carboxylic acids is 1. The lowest BCUT2D eigenvalue weighted by molar-refractivity contribution is -0.193. The molecule has 1 amide bonds. The molecule has 0 radical (unpaired) electrons. The number of carbonyl (C=O) groups is 3. The van der Waals surface area contributed by atoms with Crippen LogP contribution < -0.4 is 5.56 Å². The lowest BCUT2D eigenvalue weighted by atomic mass is 10.1. The van der Waals surface area contributed by atoms with E-state index in [0.29, 0.717) is 6.54 Å². The van der Waals surface area contributed by atoms with Gasteiger partial charge in [0.25, 0.3) is 11.5 Å². The number of aromatic amines is 1. The van der Waals surface area contributed by atoms with Crippen LogP contribution >= 0.6 is 0 Å². The number of aromatic nitrogens is 2. The molecule has 36 heavy (non-hydrogen) atoms. The van der Waals surface area contributed by atoms with Crippen LogP contribution in [0.4, 0.5) is 26.3 Å². The summed E-state index contributed by atoms with van der Waals surface area (Å²) in [6, 6.07) is 8.13. The van der Waals surface area contributed by atoms with Gasteiger partial charge in [0.2, 0.25) is 0 Å². The molecule has 0 aliphatic rings. The highest BCUT2D eigenvalue weighted by molar-refractivity contribution is 5.91. The Labute approximate surface area is 199 Å². The van der Waals surface area contributed by atoms with Crippen molar-refractivity contribution in [3.8, 4) is 0 Å². The second-order valence-corrected chi connectivity index (χ2v) is 7.12. The number of aliphatic carboxylic acids is 2. The van der Waals surface area contributed by atoms with Crippen LogP contribution in [0.3, 0.4) is 0 Å². The molecule has 0 unspecified atom stereocenters. The minimum absolute atomic E-state index is 0.228.